The molecule has 1 fully saturated rings. The summed E-state index contributed by atoms with van der Waals surface area (Å²) in [4.78, 5) is 20.1. The van der Waals surface area contributed by atoms with E-state index in [1.165, 1.54) is 11.3 Å². The second-order valence-electron chi connectivity index (χ2n) is 6.25. The monoisotopic (exact) mass is 451 g/mol. The molecule has 9 heteroatoms. The van der Waals surface area contributed by atoms with E-state index in [1.54, 1.807) is 12.1 Å². The van der Waals surface area contributed by atoms with Crippen LogP contribution < -0.4 is 10.1 Å². The zero-order valence-electron chi connectivity index (χ0n) is 15.4. The molecule has 1 amide bonds. The van der Waals surface area contributed by atoms with Gasteiger partial charge in [-0.3, -0.25) is 4.79 Å². The molecular formula is C18H24Cl3N3O2S. The van der Waals surface area contributed by atoms with Gasteiger partial charge in [-0.1, -0.05) is 11.6 Å². The summed E-state index contributed by atoms with van der Waals surface area (Å²) in [5.41, 5.74) is 0.767. The zero-order chi connectivity index (χ0) is 18.0. The van der Waals surface area contributed by atoms with Gasteiger partial charge in [-0.05, 0) is 45.0 Å². The lowest BCUT2D eigenvalue weighted by Gasteiger charge is -2.38. The van der Waals surface area contributed by atoms with E-state index in [0.29, 0.717) is 22.5 Å². The van der Waals surface area contributed by atoms with Crippen LogP contribution in [0.15, 0.2) is 24.3 Å². The molecule has 0 saturated carbocycles. The minimum absolute atomic E-state index is 0. The number of rotatable bonds is 4. The lowest BCUT2D eigenvalue weighted by Crippen LogP contribution is -2.57. The number of amides is 1. The molecule has 2 heterocycles. The Labute approximate surface area is 181 Å². The highest BCUT2D eigenvalue weighted by molar-refractivity contribution is 7.13. The number of benzene rings is 1. The maximum atomic E-state index is 12.9. The molecule has 3 rings (SSSR count). The largest absolute Gasteiger partial charge is 0.486 e. The fourth-order valence-corrected chi connectivity index (χ4v) is 3.92. The average Bonchev–Trinajstić information content (AvgIpc) is 2.97. The molecule has 150 valence electrons. The number of carbonyl (C=O) groups is 1. The molecule has 1 N–H and O–H groups in total. The first-order valence-corrected chi connectivity index (χ1v) is 9.54. The maximum absolute atomic E-state index is 12.9. The summed E-state index contributed by atoms with van der Waals surface area (Å²) in [5.74, 6) is 0.795. The first kappa shape index (κ1) is 24.0. The van der Waals surface area contributed by atoms with Crippen molar-refractivity contribution in [3.05, 3.63) is 44.9 Å². The number of carbonyl (C=O) groups excluding carboxylic acids is 1. The molecule has 1 aliphatic rings. The van der Waals surface area contributed by atoms with Crippen LogP contribution in [0.4, 0.5) is 0 Å². The quantitative estimate of drug-likeness (QED) is 0.749. The molecular weight excluding hydrogens is 429 g/mol. The zero-order valence-corrected chi connectivity index (χ0v) is 18.6. The Morgan fingerprint density at radius 2 is 2.00 bits per heavy atom. The smallest absolute Gasteiger partial charge is 0.266 e. The normalized spacial score (nSPS) is 19.0. The summed E-state index contributed by atoms with van der Waals surface area (Å²) in [6, 6.07) is 7.66. The number of halogens is 3. The molecule has 1 aromatic carbocycles. The van der Waals surface area contributed by atoms with E-state index in [9.17, 15) is 4.79 Å². The summed E-state index contributed by atoms with van der Waals surface area (Å²) in [7, 11) is 0. The Morgan fingerprint density at radius 1 is 1.33 bits per heavy atom. The van der Waals surface area contributed by atoms with Crippen LogP contribution in [0.25, 0.3) is 0 Å². The standard InChI is InChI=1S/C18H22ClN3O2S.2ClH/c1-11-13(3)22(9-8-20-11)18(23)17-12(2)21-16(25-17)10-24-15-6-4-14(19)5-7-15;;/h4-7,11,13,20H,8-10H2,1-3H3;2*1H. The molecule has 2 aromatic rings. The van der Waals surface area contributed by atoms with Crippen LogP contribution in [0, 0.1) is 6.92 Å². The third kappa shape index (κ3) is 5.72. The van der Waals surface area contributed by atoms with Crippen LogP contribution in [-0.2, 0) is 6.61 Å². The second kappa shape index (κ2) is 10.5. The highest BCUT2D eigenvalue weighted by Gasteiger charge is 2.30. The fraction of sp³-hybridized carbons (Fsp3) is 0.444. The van der Waals surface area contributed by atoms with Gasteiger partial charge in [0.15, 0.2) is 0 Å². The summed E-state index contributed by atoms with van der Waals surface area (Å²) < 4.78 is 5.73. The Morgan fingerprint density at radius 3 is 2.67 bits per heavy atom. The van der Waals surface area contributed by atoms with Crippen LogP contribution in [0.5, 0.6) is 5.75 Å². The van der Waals surface area contributed by atoms with Crippen LogP contribution in [0.1, 0.15) is 34.2 Å². The third-order valence-corrected chi connectivity index (χ3v) is 5.88. The predicted octanol–water partition coefficient (Wildman–Crippen LogP) is 4.35. The number of nitrogens with zero attached hydrogens (tertiary/aromatic N) is 2. The van der Waals surface area contributed by atoms with E-state index in [4.69, 9.17) is 16.3 Å². The molecule has 0 bridgehead atoms. The topological polar surface area (TPSA) is 54.5 Å². The fourth-order valence-electron chi connectivity index (χ4n) is 2.86. The van der Waals surface area contributed by atoms with Gasteiger partial charge in [0.25, 0.3) is 5.91 Å². The van der Waals surface area contributed by atoms with E-state index in [2.05, 4.69) is 24.1 Å². The number of hydrogen-bond donors (Lipinski definition) is 1. The van der Waals surface area contributed by atoms with Crippen LogP contribution in [0.3, 0.4) is 0 Å². The number of ether oxygens (including phenoxy) is 1. The SMILES string of the molecule is Cc1nc(COc2ccc(Cl)cc2)sc1C(=O)N1CCNC(C)C1C.Cl.Cl. The molecule has 2 atom stereocenters. The van der Waals surface area contributed by atoms with E-state index in [1.807, 2.05) is 24.0 Å². The Kier molecular flexibility index (Phi) is 9.31. The summed E-state index contributed by atoms with van der Waals surface area (Å²) in [6.45, 7) is 7.95. The summed E-state index contributed by atoms with van der Waals surface area (Å²) in [6.07, 6.45) is 0. The number of thiazole rings is 1. The van der Waals surface area contributed by atoms with Crippen molar-refractivity contribution in [2.45, 2.75) is 39.5 Å². The van der Waals surface area contributed by atoms with Gasteiger partial charge in [0, 0.05) is 30.2 Å². The summed E-state index contributed by atoms with van der Waals surface area (Å²) >= 11 is 7.28. The second-order valence-corrected chi connectivity index (χ2v) is 7.77. The van der Waals surface area contributed by atoms with E-state index in [-0.39, 0.29) is 36.8 Å². The molecule has 27 heavy (non-hydrogen) atoms. The first-order valence-electron chi connectivity index (χ1n) is 8.34. The molecule has 1 saturated heterocycles. The van der Waals surface area contributed by atoms with E-state index in [0.717, 1.165) is 29.5 Å². The number of nitrogens with one attached hydrogen (secondary N) is 1. The highest BCUT2D eigenvalue weighted by atomic mass is 35.5. The van der Waals surface area contributed by atoms with Gasteiger partial charge in [-0.2, -0.15) is 0 Å². The number of hydrogen-bond acceptors (Lipinski definition) is 5. The lowest BCUT2D eigenvalue weighted by atomic mass is 10.1. The Hall–Kier alpha value is -1.05. The Bertz CT molecular complexity index is 755. The van der Waals surface area contributed by atoms with Gasteiger partial charge in [-0.25, -0.2) is 4.98 Å². The van der Waals surface area contributed by atoms with Crippen molar-refractivity contribution in [2.24, 2.45) is 0 Å². The number of aryl methyl sites for hydroxylation is 1. The molecule has 0 radical (unpaired) electrons. The van der Waals surface area contributed by atoms with Gasteiger partial charge >= 0.3 is 0 Å². The lowest BCUT2D eigenvalue weighted by molar-refractivity contribution is 0.0607. The van der Waals surface area contributed by atoms with Crippen molar-refractivity contribution in [3.8, 4) is 5.75 Å². The van der Waals surface area contributed by atoms with Crippen LogP contribution >= 0.6 is 47.8 Å². The number of piperazine rings is 1. The number of aromatic nitrogens is 1. The van der Waals surface area contributed by atoms with Crippen molar-refractivity contribution < 1.29 is 9.53 Å². The molecule has 1 aliphatic heterocycles. The van der Waals surface area contributed by atoms with Gasteiger partial charge in [0.1, 0.15) is 22.2 Å². The first-order chi connectivity index (χ1) is 12.0. The van der Waals surface area contributed by atoms with Crippen LogP contribution in [0.2, 0.25) is 5.02 Å². The van der Waals surface area contributed by atoms with Crippen molar-refractivity contribution >= 4 is 53.7 Å². The van der Waals surface area contributed by atoms with Gasteiger partial charge in [-0.15, -0.1) is 36.2 Å². The molecule has 2 unspecified atom stereocenters. The maximum Gasteiger partial charge on any atom is 0.266 e. The van der Waals surface area contributed by atoms with Crippen molar-refractivity contribution in [3.63, 3.8) is 0 Å². The Balaban J connectivity index is 0.00000182. The molecule has 1 aromatic heterocycles. The minimum atomic E-state index is 0. The highest BCUT2D eigenvalue weighted by Crippen LogP contribution is 2.24. The molecule has 0 spiro atoms. The molecule has 5 nitrogen and oxygen atoms in total. The minimum Gasteiger partial charge on any atom is -0.486 e. The summed E-state index contributed by atoms with van der Waals surface area (Å²) in [5, 5.41) is 4.86. The van der Waals surface area contributed by atoms with E-state index >= 15 is 0 Å². The molecule has 0 aliphatic carbocycles. The van der Waals surface area contributed by atoms with Gasteiger partial charge in [0.2, 0.25) is 0 Å². The van der Waals surface area contributed by atoms with Gasteiger partial charge < -0.3 is 15.0 Å². The van der Waals surface area contributed by atoms with Crippen molar-refractivity contribution in [1.82, 2.24) is 15.2 Å². The van der Waals surface area contributed by atoms with Crippen molar-refractivity contribution in [2.75, 3.05) is 13.1 Å². The van der Waals surface area contributed by atoms with E-state index < -0.39 is 0 Å². The third-order valence-electron chi connectivity index (χ3n) is 4.51. The van der Waals surface area contributed by atoms with Gasteiger partial charge in [0.05, 0.1) is 5.69 Å². The predicted molar refractivity (Wildman–Crippen MR) is 115 cm³/mol. The van der Waals surface area contributed by atoms with Crippen LogP contribution in [-0.4, -0.2) is 41.0 Å². The van der Waals surface area contributed by atoms with Crippen molar-refractivity contribution in [1.29, 1.82) is 0 Å². The average molecular weight is 453 g/mol.